The van der Waals surface area contributed by atoms with Crippen LogP contribution in [0.5, 0.6) is 0 Å². The Labute approximate surface area is 164 Å². The number of benzene rings is 2. The number of nitrogens with zero attached hydrogens (tertiary/aromatic N) is 3. The van der Waals surface area contributed by atoms with Gasteiger partial charge in [0.1, 0.15) is 0 Å². The summed E-state index contributed by atoms with van der Waals surface area (Å²) in [6.07, 6.45) is -0.188. The predicted molar refractivity (Wildman–Crippen MR) is 103 cm³/mol. The third-order valence-corrected chi connectivity index (χ3v) is 5.18. The van der Waals surface area contributed by atoms with Gasteiger partial charge in [0.2, 0.25) is 0 Å². The minimum atomic E-state index is -1.23. The van der Waals surface area contributed by atoms with Crippen LogP contribution >= 0.6 is 0 Å². The van der Waals surface area contributed by atoms with Crippen molar-refractivity contribution in [3.8, 4) is 0 Å². The van der Waals surface area contributed by atoms with Gasteiger partial charge in [-0.25, -0.2) is 0 Å². The molecule has 11 nitrogen and oxygen atoms in total. The van der Waals surface area contributed by atoms with E-state index in [2.05, 4.69) is 5.32 Å². The fourth-order valence-corrected chi connectivity index (χ4v) is 3.68. The SMILES string of the molecule is CCC1(CC)OC(c2c([N+](=O)[O-])cc([N+](=O)[O-])cc2[N+](=O)[O-])Nc2ccccc21. The molecule has 2 aromatic carbocycles. The molecule has 0 saturated carbocycles. The molecule has 0 spiro atoms. The van der Waals surface area contributed by atoms with Crippen molar-refractivity contribution in [3.63, 3.8) is 0 Å². The number of fused-ring (bicyclic) bond motifs is 1. The molecule has 0 aliphatic carbocycles. The maximum absolute atomic E-state index is 11.6. The first-order valence-corrected chi connectivity index (χ1v) is 8.89. The topological polar surface area (TPSA) is 151 Å². The summed E-state index contributed by atoms with van der Waals surface area (Å²) in [5, 5.41) is 37.4. The molecule has 0 amide bonds. The van der Waals surface area contributed by atoms with Crippen molar-refractivity contribution in [2.24, 2.45) is 0 Å². The molecule has 152 valence electrons. The molecule has 0 radical (unpaired) electrons. The van der Waals surface area contributed by atoms with E-state index in [0.29, 0.717) is 30.7 Å². The highest BCUT2D eigenvalue weighted by molar-refractivity contribution is 5.65. The van der Waals surface area contributed by atoms with Crippen LogP contribution in [0.4, 0.5) is 22.7 Å². The van der Waals surface area contributed by atoms with Crippen LogP contribution in [0.2, 0.25) is 0 Å². The summed E-state index contributed by atoms with van der Waals surface area (Å²) in [7, 11) is 0. The highest BCUT2D eigenvalue weighted by Gasteiger charge is 2.44. The highest BCUT2D eigenvalue weighted by atomic mass is 16.6. The number of ether oxygens (including phenoxy) is 1. The molecule has 0 aromatic heterocycles. The van der Waals surface area contributed by atoms with E-state index in [1.807, 2.05) is 26.0 Å². The summed E-state index contributed by atoms with van der Waals surface area (Å²) in [4.78, 5) is 31.7. The zero-order valence-electron chi connectivity index (χ0n) is 15.7. The standard InChI is InChI=1S/C18H18N4O7/c1-3-18(4-2)12-7-5-6-8-13(12)19-17(29-18)16-14(21(25)26)9-11(20(23)24)10-15(16)22(27)28/h5-10,17,19H,3-4H2,1-2H3. The van der Waals surface area contributed by atoms with Crippen LogP contribution in [0.15, 0.2) is 36.4 Å². The van der Waals surface area contributed by atoms with Gasteiger partial charge >= 0.3 is 0 Å². The molecule has 2 aromatic rings. The van der Waals surface area contributed by atoms with Gasteiger partial charge in [0, 0.05) is 11.3 Å². The van der Waals surface area contributed by atoms with Gasteiger partial charge in [-0.15, -0.1) is 0 Å². The van der Waals surface area contributed by atoms with Gasteiger partial charge in [-0.1, -0.05) is 32.0 Å². The Morgan fingerprint density at radius 2 is 1.52 bits per heavy atom. The Kier molecular flexibility index (Phi) is 5.16. The van der Waals surface area contributed by atoms with Crippen LogP contribution in [-0.2, 0) is 10.3 Å². The number of nitrogens with one attached hydrogen (secondary N) is 1. The smallest absolute Gasteiger partial charge is 0.290 e. The minimum absolute atomic E-state index is 0.355. The molecule has 0 saturated heterocycles. The maximum Gasteiger partial charge on any atom is 0.290 e. The van der Waals surface area contributed by atoms with Crippen molar-refractivity contribution in [1.29, 1.82) is 0 Å². The first-order chi connectivity index (χ1) is 13.7. The summed E-state index contributed by atoms with van der Waals surface area (Å²) >= 11 is 0. The number of anilines is 1. The molecule has 1 aliphatic rings. The molecule has 1 aliphatic heterocycles. The molecule has 29 heavy (non-hydrogen) atoms. The third-order valence-electron chi connectivity index (χ3n) is 5.18. The van der Waals surface area contributed by atoms with E-state index in [0.717, 1.165) is 5.56 Å². The highest BCUT2D eigenvalue weighted by Crippen LogP contribution is 2.49. The normalized spacial score (nSPS) is 17.1. The molecule has 1 unspecified atom stereocenters. The van der Waals surface area contributed by atoms with Crippen molar-refractivity contribution < 1.29 is 19.5 Å². The number of para-hydroxylation sites is 1. The summed E-state index contributed by atoms with van der Waals surface area (Å²) in [6, 6.07) is 8.66. The van der Waals surface area contributed by atoms with E-state index in [9.17, 15) is 30.3 Å². The van der Waals surface area contributed by atoms with Gasteiger partial charge in [-0.05, 0) is 18.9 Å². The lowest BCUT2D eigenvalue weighted by atomic mass is 9.85. The third kappa shape index (κ3) is 3.36. The summed E-state index contributed by atoms with van der Waals surface area (Å²) in [5.41, 5.74) is -1.93. The average molecular weight is 402 g/mol. The van der Waals surface area contributed by atoms with Gasteiger partial charge in [-0.2, -0.15) is 0 Å². The fourth-order valence-electron chi connectivity index (χ4n) is 3.68. The predicted octanol–water partition coefficient (Wildman–Crippen LogP) is 4.57. The molecule has 11 heteroatoms. The van der Waals surface area contributed by atoms with E-state index < -0.39 is 43.7 Å². The second-order valence-electron chi connectivity index (χ2n) is 6.56. The summed E-state index contributed by atoms with van der Waals surface area (Å²) in [5.74, 6) is 0. The Morgan fingerprint density at radius 3 is 2.00 bits per heavy atom. The van der Waals surface area contributed by atoms with E-state index in [-0.39, 0.29) is 5.56 Å². The number of rotatable bonds is 6. The number of non-ortho nitro benzene ring substituents is 1. The zero-order valence-corrected chi connectivity index (χ0v) is 15.7. The van der Waals surface area contributed by atoms with Crippen molar-refractivity contribution in [2.45, 2.75) is 38.5 Å². The first kappa shape index (κ1) is 20.1. The lowest BCUT2D eigenvalue weighted by Gasteiger charge is -2.42. The lowest BCUT2D eigenvalue weighted by molar-refractivity contribution is -0.405. The van der Waals surface area contributed by atoms with Crippen LogP contribution in [0, 0.1) is 30.3 Å². The van der Waals surface area contributed by atoms with Gasteiger partial charge < -0.3 is 10.1 Å². The summed E-state index contributed by atoms with van der Waals surface area (Å²) < 4.78 is 6.18. The first-order valence-electron chi connectivity index (χ1n) is 8.89. The van der Waals surface area contributed by atoms with Crippen molar-refractivity contribution >= 4 is 22.7 Å². The van der Waals surface area contributed by atoms with Crippen molar-refractivity contribution in [1.82, 2.24) is 0 Å². The molecule has 0 bridgehead atoms. The molecular formula is C18H18N4O7. The van der Waals surface area contributed by atoms with Crippen LogP contribution < -0.4 is 5.32 Å². The molecule has 0 fully saturated rings. The second kappa shape index (κ2) is 7.43. The number of nitro benzene ring substituents is 3. The minimum Gasteiger partial charge on any atom is -0.356 e. The molecule has 1 atom stereocenters. The number of nitro groups is 3. The van der Waals surface area contributed by atoms with Crippen molar-refractivity contribution in [3.05, 3.63) is 77.9 Å². The van der Waals surface area contributed by atoms with Crippen LogP contribution in [0.25, 0.3) is 0 Å². The molecule has 3 rings (SSSR count). The molecule has 1 heterocycles. The number of hydrogen-bond donors (Lipinski definition) is 1. The maximum atomic E-state index is 11.6. The Balaban J connectivity index is 2.27. The van der Waals surface area contributed by atoms with Crippen LogP contribution in [-0.4, -0.2) is 14.8 Å². The molecular weight excluding hydrogens is 384 g/mol. The van der Waals surface area contributed by atoms with Gasteiger partial charge in [0.15, 0.2) is 11.8 Å². The van der Waals surface area contributed by atoms with E-state index >= 15 is 0 Å². The zero-order chi connectivity index (χ0) is 21.3. The Morgan fingerprint density at radius 1 is 0.966 bits per heavy atom. The van der Waals surface area contributed by atoms with E-state index in [1.54, 1.807) is 12.1 Å². The van der Waals surface area contributed by atoms with Gasteiger partial charge in [0.25, 0.3) is 17.1 Å². The largest absolute Gasteiger partial charge is 0.356 e. The lowest BCUT2D eigenvalue weighted by Crippen LogP contribution is -2.38. The summed E-state index contributed by atoms with van der Waals surface area (Å²) in [6.45, 7) is 3.78. The van der Waals surface area contributed by atoms with Crippen LogP contribution in [0.3, 0.4) is 0 Å². The van der Waals surface area contributed by atoms with E-state index in [4.69, 9.17) is 4.74 Å². The molecule has 1 N–H and O–H groups in total. The Hall–Kier alpha value is -3.60. The monoisotopic (exact) mass is 402 g/mol. The second-order valence-corrected chi connectivity index (χ2v) is 6.56. The van der Waals surface area contributed by atoms with Gasteiger partial charge in [-0.3, -0.25) is 30.3 Å². The quantitative estimate of drug-likeness (QED) is 0.545. The van der Waals surface area contributed by atoms with Crippen molar-refractivity contribution in [2.75, 3.05) is 5.32 Å². The average Bonchev–Trinajstić information content (AvgIpc) is 2.71. The van der Waals surface area contributed by atoms with Crippen LogP contribution in [0.1, 0.15) is 44.0 Å². The van der Waals surface area contributed by atoms with Gasteiger partial charge in [0.05, 0.1) is 32.5 Å². The fraction of sp³-hybridized carbons (Fsp3) is 0.333. The Bertz CT molecular complexity index is 968. The van der Waals surface area contributed by atoms with E-state index in [1.165, 1.54) is 0 Å². The number of hydrogen-bond acceptors (Lipinski definition) is 8.